The summed E-state index contributed by atoms with van der Waals surface area (Å²) >= 11 is 0. The first-order chi connectivity index (χ1) is 7.22. The Balaban J connectivity index is 2.41. The third-order valence-corrected chi connectivity index (χ3v) is 3.01. The van der Waals surface area contributed by atoms with Gasteiger partial charge in [0.15, 0.2) is 0 Å². The molecule has 1 aliphatic carbocycles. The standard InChI is InChI=1S/C15H16/c1-4-11(2)9-14-10-13-7-5-6-8-15(13)12(14)3/h4-9H,1,10H2,2-3H3/b11-9-. The summed E-state index contributed by atoms with van der Waals surface area (Å²) in [7, 11) is 0. The van der Waals surface area contributed by atoms with Gasteiger partial charge in [0.1, 0.15) is 0 Å². The highest BCUT2D eigenvalue weighted by Crippen LogP contribution is 2.33. The molecule has 0 radical (unpaired) electrons. The summed E-state index contributed by atoms with van der Waals surface area (Å²) in [6.45, 7) is 8.08. The van der Waals surface area contributed by atoms with E-state index in [1.165, 1.54) is 27.8 Å². The van der Waals surface area contributed by atoms with E-state index in [1.54, 1.807) is 0 Å². The molecule has 15 heavy (non-hydrogen) atoms. The molecule has 0 aromatic heterocycles. The minimum atomic E-state index is 1.06. The van der Waals surface area contributed by atoms with Crippen LogP contribution in [0.5, 0.6) is 0 Å². The summed E-state index contributed by atoms with van der Waals surface area (Å²) in [6.07, 6.45) is 5.21. The minimum absolute atomic E-state index is 1.06. The molecule has 0 atom stereocenters. The van der Waals surface area contributed by atoms with Gasteiger partial charge in [-0.2, -0.15) is 0 Å². The fourth-order valence-corrected chi connectivity index (χ4v) is 2.04. The lowest BCUT2D eigenvalue weighted by Gasteiger charge is -1.98. The quantitative estimate of drug-likeness (QED) is 0.623. The summed E-state index contributed by atoms with van der Waals surface area (Å²) in [5.41, 5.74) is 6.91. The van der Waals surface area contributed by atoms with Crippen molar-refractivity contribution >= 4 is 5.57 Å². The van der Waals surface area contributed by atoms with Crippen LogP contribution in [0.25, 0.3) is 5.57 Å². The van der Waals surface area contributed by atoms with Gasteiger partial charge in [0, 0.05) is 0 Å². The predicted octanol–water partition coefficient (Wildman–Crippen LogP) is 4.15. The van der Waals surface area contributed by atoms with Crippen molar-refractivity contribution in [1.82, 2.24) is 0 Å². The molecule has 1 aliphatic rings. The van der Waals surface area contributed by atoms with Crippen LogP contribution in [0, 0.1) is 0 Å². The van der Waals surface area contributed by atoms with Gasteiger partial charge in [-0.3, -0.25) is 0 Å². The molecule has 0 bridgehead atoms. The summed E-state index contributed by atoms with van der Waals surface area (Å²) in [6, 6.07) is 8.63. The Hall–Kier alpha value is -1.56. The Kier molecular flexibility index (Phi) is 2.59. The molecule has 76 valence electrons. The lowest BCUT2D eigenvalue weighted by atomic mass is 10.1. The first kappa shape index (κ1) is 9.97. The van der Waals surface area contributed by atoms with Crippen molar-refractivity contribution in [3.8, 4) is 0 Å². The number of hydrogen-bond donors (Lipinski definition) is 0. The monoisotopic (exact) mass is 196 g/mol. The third-order valence-electron chi connectivity index (χ3n) is 3.01. The number of allylic oxidation sites excluding steroid dienone is 5. The van der Waals surface area contributed by atoms with Crippen LogP contribution in [0.1, 0.15) is 25.0 Å². The molecule has 1 aromatic carbocycles. The maximum absolute atomic E-state index is 3.79. The average Bonchev–Trinajstić information content (AvgIpc) is 2.57. The highest BCUT2D eigenvalue weighted by molar-refractivity contribution is 5.77. The fraction of sp³-hybridized carbons (Fsp3) is 0.200. The van der Waals surface area contributed by atoms with Gasteiger partial charge in [-0.15, -0.1) is 0 Å². The molecule has 0 spiro atoms. The van der Waals surface area contributed by atoms with Crippen LogP contribution in [0.2, 0.25) is 0 Å². The Labute approximate surface area is 91.6 Å². The fourth-order valence-electron chi connectivity index (χ4n) is 2.04. The molecule has 1 aromatic rings. The second-order valence-corrected chi connectivity index (χ2v) is 4.08. The Morgan fingerprint density at radius 3 is 2.73 bits per heavy atom. The van der Waals surface area contributed by atoms with Crippen LogP contribution in [0.3, 0.4) is 0 Å². The number of benzene rings is 1. The average molecular weight is 196 g/mol. The third kappa shape index (κ3) is 1.80. The van der Waals surface area contributed by atoms with E-state index in [9.17, 15) is 0 Å². The molecule has 0 aliphatic heterocycles. The van der Waals surface area contributed by atoms with Crippen molar-refractivity contribution in [1.29, 1.82) is 0 Å². The first-order valence-electron chi connectivity index (χ1n) is 5.31. The molecule has 0 heterocycles. The molecule has 0 amide bonds. The molecular formula is C15H16. The van der Waals surface area contributed by atoms with Crippen molar-refractivity contribution in [2.75, 3.05) is 0 Å². The zero-order chi connectivity index (χ0) is 10.8. The lowest BCUT2D eigenvalue weighted by Crippen LogP contribution is -1.81. The van der Waals surface area contributed by atoms with Gasteiger partial charge < -0.3 is 0 Å². The Morgan fingerprint density at radius 1 is 1.33 bits per heavy atom. The van der Waals surface area contributed by atoms with E-state index in [4.69, 9.17) is 0 Å². The van der Waals surface area contributed by atoms with Crippen molar-refractivity contribution in [2.45, 2.75) is 20.3 Å². The topological polar surface area (TPSA) is 0 Å². The van der Waals surface area contributed by atoms with E-state index in [0.717, 1.165) is 6.42 Å². The first-order valence-corrected chi connectivity index (χ1v) is 5.31. The van der Waals surface area contributed by atoms with Crippen LogP contribution in [-0.4, -0.2) is 0 Å². The second kappa shape index (κ2) is 3.90. The van der Waals surface area contributed by atoms with Gasteiger partial charge in [0.25, 0.3) is 0 Å². The summed E-state index contributed by atoms with van der Waals surface area (Å²) in [5.74, 6) is 0. The Morgan fingerprint density at radius 2 is 2.07 bits per heavy atom. The lowest BCUT2D eigenvalue weighted by molar-refractivity contribution is 1.23. The maximum atomic E-state index is 3.79. The number of fused-ring (bicyclic) bond motifs is 1. The second-order valence-electron chi connectivity index (χ2n) is 4.08. The van der Waals surface area contributed by atoms with E-state index < -0.39 is 0 Å². The van der Waals surface area contributed by atoms with Gasteiger partial charge in [-0.25, -0.2) is 0 Å². The van der Waals surface area contributed by atoms with E-state index >= 15 is 0 Å². The predicted molar refractivity (Wildman–Crippen MR) is 66.7 cm³/mol. The van der Waals surface area contributed by atoms with Crippen LogP contribution >= 0.6 is 0 Å². The van der Waals surface area contributed by atoms with Gasteiger partial charge in [-0.1, -0.05) is 48.6 Å². The zero-order valence-electron chi connectivity index (χ0n) is 9.38. The van der Waals surface area contributed by atoms with Gasteiger partial charge in [0.2, 0.25) is 0 Å². The van der Waals surface area contributed by atoms with E-state index in [-0.39, 0.29) is 0 Å². The smallest absolute Gasteiger partial charge is 0.00168 e. The molecule has 0 N–H and O–H groups in total. The van der Waals surface area contributed by atoms with E-state index in [0.29, 0.717) is 0 Å². The molecule has 0 nitrogen and oxygen atoms in total. The highest BCUT2D eigenvalue weighted by Gasteiger charge is 2.15. The molecule has 0 saturated carbocycles. The summed E-state index contributed by atoms with van der Waals surface area (Å²) in [4.78, 5) is 0. The summed E-state index contributed by atoms with van der Waals surface area (Å²) < 4.78 is 0. The zero-order valence-corrected chi connectivity index (χ0v) is 9.38. The molecule has 2 rings (SSSR count). The van der Waals surface area contributed by atoms with E-state index in [2.05, 4.69) is 50.8 Å². The van der Waals surface area contributed by atoms with Gasteiger partial charge in [0.05, 0.1) is 0 Å². The molecule has 0 saturated heterocycles. The number of hydrogen-bond acceptors (Lipinski definition) is 0. The molecule has 0 unspecified atom stereocenters. The summed E-state index contributed by atoms with van der Waals surface area (Å²) in [5, 5.41) is 0. The Bertz CT molecular complexity index is 459. The SMILES string of the molecule is C=C/C(C)=C\C1=C(C)c2ccccc2C1. The molecule has 0 fully saturated rings. The maximum Gasteiger partial charge on any atom is -0.00168 e. The van der Waals surface area contributed by atoms with Crippen molar-refractivity contribution < 1.29 is 0 Å². The van der Waals surface area contributed by atoms with Gasteiger partial charge >= 0.3 is 0 Å². The van der Waals surface area contributed by atoms with Crippen molar-refractivity contribution in [3.63, 3.8) is 0 Å². The normalized spacial score (nSPS) is 15.5. The van der Waals surface area contributed by atoms with Crippen LogP contribution in [0.4, 0.5) is 0 Å². The van der Waals surface area contributed by atoms with E-state index in [1.807, 2.05) is 6.08 Å². The van der Waals surface area contributed by atoms with Crippen molar-refractivity contribution in [3.05, 3.63) is 65.3 Å². The highest BCUT2D eigenvalue weighted by atomic mass is 14.2. The molecule has 0 heteroatoms. The largest absolute Gasteiger partial charge is 0.0988 e. The minimum Gasteiger partial charge on any atom is -0.0988 e. The number of rotatable bonds is 2. The van der Waals surface area contributed by atoms with Gasteiger partial charge in [-0.05, 0) is 42.5 Å². The van der Waals surface area contributed by atoms with Crippen molar-refractivity contribution in [2.24, 2.45) is 0 Å². The molecular weight excluding hydrogens is 180 g/mol. The van der Waals surface area contributed by atoms with Crippen LogP contribution in [-0.2, 0) is 6.42 Å². The van der Waals surface area contributed by atoms with Crippen LogP contribution in [0.15, 0.2) is 54.1 Å². The van der Waals surface area contributed by atoms with Crippen LogP contribution < -0.4 is 0 Å².